The number of rotatable bonds is 4. The number of anilines is 1. The monoisotopic (exact) mass is 381 g/mol. The van der Waals surface area contributed by atoms with Gasteiger partial charge in [-0.3, -0.25) is 0 Å². The predicted molar refractivity (Wildman–Crippen MR) is 99.1 cm³/mol. The second-order valence-corrected chi connectivity index (χ2v) is 6.78. The Morgan fingerprint density at radius 3 is 2.52 bits per heavy atom. The smallest absolute Gasteiger partial charge is 0.198 e. The van der Waals surface area contributed by atoms with Crippen LogP contribution in [0.5, 0.6) is 0 Å². The average molecular weight is 382 g/mol. The summed E-state index contributed by atoms with van der Waals surface area (Å²) < 4.78 is 0.919. The highest BCUT2D eigenvalue weighted by atomic mass is 79.9. The van der Waals surface area contributed by atoms with Crippen molar-refractivity contribution in [1.82, 2.24) is 0 Å². The molecule has 0 bridgehead atoms. The number of nitrogens with two attached hydrogens (primary N) is 1. The van der Waals surface area contributed by atoms with Crippen molar-refractivity contribution in [3.8, 4) is 0 Å². The fourth-order valence-corrected chi connectivity index (χ4v) is 2.94. The van der Waals surface area contributed by atoms with Gasteiger partial charge in [-0.25, -0.2) is 4.99 Å². The first-order valence-corrected chi connectivity index (χ1v) is 9.45. The molecule has 0 aromatic heterocycles. The number of guanidine groups is 1. The maximum atomic E-state index is 5.99. The van der Waals surface area contributed by atoms with Crippen molar-refractivity contribution >= 4 is 56.8 Å². The van der Waals surface area contributed by atoms with Gasteiger partial charge in [-0.1, -0.05) is 6.07 Å². The topological polar surface area (TPSA) is 50.4 Å². The molecule has 0 spiro atoms. The molecule has 0 aliphatic carbocycles. The molecule has 110 valence electrons. The zero-order valence-electron chi connectivity index (χ0n) is 11.8. The summed E-state index contributed by atoms with van der Waals surface area (Å²) in [5, 5.41) is 3.12. The maximum Gasteiger partial charge on any atom is 0.198 e. The number of nitrogens with one attached hydrogen (secondary N) is 1. The number of aliphatic imine (C=N–C) groups is 1. The van der Waals surface area contributed by atoms with Gasteiger partial charge in [0.1, 0.15) is 0 Å². The summed E-state index contributed by atoms with van der Waals surface area (Å²) in [6.07, 6.45) is 4.08. The third-order valence-electron chi connectivity index (χ3n) is 2.74. The zero-order chi connectivity index (χ0) is 15.2. The van der Waals surface area contributed by atoms with E-state index in [2.05, 4.69) is 32.3 Å². The molecule has 3 N–H and O–H groups in total. The largest absolute Gasteiger partial charge is 0.369 e. The van der Waals surface area contributed by atoms with Gasteiger partial charge < -0.3 is 11.1 Å². The van der Waals surface area contributed by atoms with Crippen molar-refractivity contribution in [1.29, 1.82) is 0 Å². The van der Waals surface area contributed by atoms with E-state index in [1.165, 1.54) is 4.90 Å². The van der Waals surface area contributed by atoms with E-state index in [1.807, 2.05) is 48.9 Å². The lowest BCUT2D eigenvalue weighted by Gasteiger charge is -2.08. The summed E-state index contributed by atoms with van der Waals surface area (Å²) in [7, 11) is 0. The van der Waals surface area contributed by atoms with Crippen LogP contribution in [0.4, 0.5) is 11.4 Å². The summed E-state index contributed by atoms with van der Waals surface area (Å²) in [6.45, 7) is 0. The van der Waals surface area contributed by atoms with Crippen molar-refractivity contribution < 1.29 is 0 Å². The molecule has 21 heavy (non-hydrogen) atoms. The molecule has 0 heterocycles. The second kappa shape index (κ2) is 7.77. The minimum atomic E-state index is 0.368. The van der Waals surface area contributed by atoms with Gasteiger partial charge in [-0.2, -0.15) is 0 Å². The number of halogens is 1. The van der Waals surface area contributed by atoms with E-state index in [0.717, 1.165) is 20.7 Å². The van der Waals surface area contributed by atoms with E-state index in [4.69, 9.17) is 5.73 Å². The lowest BCUT2D eigenvalue weighted by atomic mass is 10.3. The van der Waals surface area contributed by atoms with Crippen LogP contribution in [0.1, 0.15) is 0 Å². The summed E-state index contributed by atoms with van der Waals surface area (Å²) in [4.78, 5) is 6.76. The molecule has 0 saturated heterocycles. The molecule has 2 rings (SSSR count). The quantitative estimate of drug-likeness (QED) is 0.446. The van der Waals surface area contributed by atoms with Crippen molar-refractivity contribution in [3.63, 3.8) is 0 Å². The number of hydrogen-bond acceptors (Lipinski definition) is 3. The Bertz CT molecular complexity index is 659. The fraction of sp³-hybridized carbons (Fsp3) is 0.133. The molecular formula is C15H16BrN3S2. The SMILES string of the molecule is CSc1cccc(NC(N)=Nc2cc(SC)ccc2Br)c1. The first-order valence-electron chi connectivity index (χ1n) is 6.21. The van der Waals surface area contributed by atoms with E-state index in [-0.39, 0.29) is 0 Å². The van der Waals surface area contributed by atoms with Gasteiger partial charge in [0.05, 0.1) is 5.69 Å². The van der Waals surface area contributed by atoms with Crippen molar-refractivity contribution in [3.05, 3.63) is 46.9 Å². The second-order valence-electron chi connectivity index (χ2n) is 4.17. The molecule has 0 atom stereocenters. The van der Waals surface area contributed by atoms with Gasteiger partial charge in [-0.05, 0) is 64.8 Å². The zero-order valence-corrected chi connectivity index (χ0v) is 15.0. The summed E-state index contributed by atoms with van der Waals surface area (Å²) in [5.41, 5.74) is 7.74. The van der Waals surface area contributed by atoms with Gasteiger partial charge in [0, 0.05) is 20.0 Å². The number of nitrogens with zero attached hydrogens (tertiary/aromatic N) is 1. The van der Waals surface area contributed by atoms with Crippen LogP contribution in [-0.2, 0) is 0 Å². The molecule has 0 aliphatic heterocycles. The molecule has 6 heteroatoms. The first kappa shape index (κ1) is 16.3. The third kappa shape index (κ3) is 4.69. The Morgan fingerprint density at radius 1 is 1.10 bits per heavy atom. The number of thioether (sulfide) groups is 2. The first-order chi connectivity index (χ1) is 10.1. The minimum absolute atomic E-state index is 0.368. The van der Waals surface area contributed by atoms with Crippen LogP contribution >= 0.6 is 39.5 Å². The molecule has 0 amide bonds. The van der Waals surface area contributed by atoms with Crippen LogP contribution < -0.4 is 11.1 Å². The molecular weight excluding hydrogens is 366 g/mol. The van der Waals surface area contributed by atoms with Crippen molar-refractivity contribution in [2.24, 2.45) is 10.7 Å². The standard InChI is InChI=1S/C15H16BrN3S2/c1-20-11-5-3-4-10(8-11)18-15(17)19-14-9-12(21-2)6-7-13(14)16/h3-9H,1-2H3,(H3,17,18,19). The van der Waals surface area contributed by atoms with Crippen LogP contribution in [0.15, 0.2) is 61.7 Å². The Labute approximate surface area is 141 Å². The van der Waals surface area contributed by atoms with E-state index in [9.17, 15) is 0 Å². The molecule has 0 saturated carbocycles. The van der Waals surface area contributed by atoms with Gasteiger partial charge in [0.25, 0.3) is 0 Å². The molecule has 0 fully saturated rings. The minimum Gasteiger partial charge on any atom is -0.369 e. The number of benzene rings is 2. The highest BCUT2D eigenvalue weighted by Crippen LogP contribution is 2.30. The Kier molecular flexibility index (Phi) is 6.02. The highest BCUT2D eigenvalue weighted by Gasteiger charge is 2.02. The summed E-state index contributed by atoms with van der Waals surface area (Å²) >= 11 is 6.86. The van der Waals surface area contributed by atoms with Crippen LogP contribution in [-0.4, -0.2) is 18.5 Å². The number of hydrogen-bond donors (Lipinski definition) is 2. The van der Waals surface area contributed by atoms with Gasteiger partial charge in [-0.15, -0.1) is 23.5 Å². The van der Waals surface area contributed by atoms with Crippen LogP contribution in [0.2, 0.25) is 0 Å². The Hall–Kier alpha value is -1.11. The third-order valence-corrected chi connectivity index (χ3v) is 4.86. The summed E-state index contributed by atoms with van der Waals surface area (Å²) in [5.74, 6) is 0.368. The highest BCUT2D eigenvalue weighted by molar-refractivity contribution is 9.10. The van der Waals surface area contributed by atoms with Gasteiger partial charge in [0.2, 0.25) is 0 Å². The average Bonchev–Trinajstić information content (AvgIpc) is 2.49. The van der Waals surface area contributed by atoms with Gasteiger partial charge >= 0.3 is 0 Å². The Balaban J connectivity index is 2.20. The normalized spacial score (nSPS) is 11.5. The molecule has 0 unspecified atom stereocenters. The van der Waals surface area contributed by atoms with Crippen LogP contribution in [0, 0.1) is 0 Å². The van der Waals surface area contributed by atoms with E-state index in [0.29, 0.717) is 5.96 Å². The predicted octanol–water partition coefficient (Wildman–Crippen LogP) is 4.95. The van der Waals surface area contributed by atoms with Crippen LogP contribution in [0.3, 0.4) is 0 Å². The molecule has 3 nitrogen and oxygen atoms in total. The molecule has 0 aliphatic rings. The van der Waals surface area contributed by atoms with E-state index < -0.39 is 0 Å². The summed E-state index contributed by atoms with van der Waals surface area (Å²) in [6, 6.07) is 14.1. The maximum absolute atomic E-state index is 5.99. The van der Waals surface area contributed by atoms with Crippen molar-refractivity contribution in [2.45, 2.75) is 9.79 Å². The van der Waals surface area contributed by atoms with Crippen LogP contribution in [0.25, 0.3) is 0 Å². The Morgan fingerprint density at radius 2 is 1.81 bits per heavy atom. The lowest BCUT2D eigenvalue weighted by Crippen LogP contribution is -2.21. The van der Waals surface area contributed by atoms with Gasteiger partial charge in [0.15, 0.2) is 5.96 Å². The lowest BCUT2D eigenvalue weighted by molar-refractivity contribution is 1.36. The fourth-order valence-electron chi connectivity index (χ4n) is 1.71. The molecule has 2 aromatic carbocycles. The molecule has 0 radical (unpaired) electrons. The molecule has 2 aromatic rings. The van der Waals surface area contributed by atoms with E-state index in [1.54, 1.807) is 23.5 Å². The van der Waals surface area contributed by atoms with Crippen molar-refractivity contribution in [2.75, 3.05) is 17.8 Å². The van der Waals surface area contributed by atoms with E-state index >= 15 is 0 Å².